The molecule has 17 heavy (non-hydrogen) atoms. The lowest BCUT2D eigenvalue weighted by Gasteiger charge is -2.05. The standard InChI is InChI=1S/C13H12N4/c1-2-13-11(3-4-16-13)5-12(1)17-8-10-6-14-9-15-7-10/h1-7,9,16-17H,8H2. The summed E-state index contributed by atoms with van der Waals surface area (Å²) in [6.07, 6.45) is 7.11. The molecule has 0 aliphatic heterocycles. The predicted octanol–water partition coefficient (Wildman–Crippen LogP) is 2.57. The van der Waals surface area contributed by atoms with Crippen molar-refractivity contribution in [3.63, 3.8) is 0 Å². The van der Waals surface area contributed by atoms with E-state index in [1.165, 1.54) is 11.7 Å². The molecule has 2 N–H and O–H groups in total. The minimum Gasteiger partial charge on any atom is -0.381 e. The Hall–Kier alpha value is -2.36. The molecule has 0 spiro atoms. The number of nitrogens with one attached hydrogen (secondary N) is 2. The van der Waals surface area contributed by atoms with Crippen LogP contribution >= 0.6 is 0 Å². The van der Waals surface area contributed by atoms with E-state index in [1.807, 2.05) is 18.6 Å². The third-order valence-electron chi connectivity index (χ3n) is 2.66. The van der Waals surface area contributed by atoms with Crippen LogP contribution < -0.4 is 5.32 Å². The number of fused-ring (bicyclic) bond motifs is 1. The zero-order valence-corrected chi connectivity index (χ0v) is 9.22. The maximum absolute atomic E-state index is 3.98. The van der Waals surface area contributed by atoms with Gasteiger partial charge in [0.15, 0.2) is 0 Å². The van der Waals surface area contributed by atoms with E-state index < -0.39 is 0 Å². The van der Waals surface area contributed by atoms with Gasteiger partial charge in [0.2, 0.25) is 0 Å². The minimum atomic E-state index is 0.733. The summed E-state index contributed by atoms with van der Waals surface area (Å²) in [5.74, 6) is 0. The van der Waals surface area contributed by atoms with Gasteiger partial charge in [0.25, 0.3) is 0 Å². The van der Waals surface area contributed by atoms with Gasteiger partial charge in [-0.25, -0.2) is 9.97 Å². The maximum Gasteiger partial charge on any atom is 0.115 e. The molecule has 3 aromatic rings. The smallest absolute Gasteiger partial charge is 0.115 e. The fraction of sp³-hybridized carbons (Fsp3) is 0.0769. The van der Waals surface area contributed by atoms with E-state index in [2.05, 4.69) is 44.5 Å². The van der Waals surface area contributed by atoms with Crippen molar-refractivity contribution in [3.05, 3.63) is 54.7 Å². The second kappa shape index (κ2) is 4.25. The largest absolute Gasteiger partial charge is 0.381 e. The number of rotatable bonds is 3. The topological polar surface area (TPSA) is 53.6 Å². The van der Waals surface area contributed by atoms with Gasteiger partial charge in [-0.1, -0.05) is 0 Å². The average molecular weight is 224 g/mol. The number of H-pyrrole nitrogens is 1. The zero-order chi connectivity index (χ0) is 11.5. The Morgan fingerprint density at radius 1 is 1.12 bits per heavy atom. The first-order valence-electron chi connectivity index (χ1n) is 5.47. The monoisotopic (exact) mass is 224 g/mol. The molecular weight excluding hydrogens is 212 g/mol. The van der Waals surface area contributed by atoms with Gasteiger partial charge in [-0.05, 0) is 24.3 Å². The Morgan fingerprint density at radius 3 is 2.88 bits per heavy atom. The van der Waals surface area contributed by atoms with Crippen LogP contribution in [0.5, 0.6) is 0 Å². The van der Waals surface area contributed by atoms with Crippen molar-refractivity contribution in [1.82, 2.24) is 15.0 Å². The summed E-state index contributed by atoms with van der Waals surface area (Å²) < 4.78 is 0. The average Bonchev–Trinajstić information content (AvgIpc) is 2.85. The van der Waals surface area contributed by atoms with Gasteiger partial charge in [0.1, 0.15) is 6.33 Å². The van der Waals surface area contributed by atoms with E-state index >= 15 is 0 Å². The Bertz CT molecular complexity index is 615. The van der Waals surface area contributed by atoms with Crippen molar-refractivity contribution in [2.24, 2.45) is 0 Å². The highest BCUT2D eigenvalue weighted by atomic mass is 14.9. The summed E-state index contributed by atoms with van der Waals surface area (Å²) in [5.41, 5.74) is 3.32. The zero-order valence-electron chi connectivity index (χ0n) is 9.22. The van der Waals surface area contributed by atoms with Gasteiger partial charge in [-0.2, -0.15) is 0 Å². The molecule has 0 aliphatic rings. The van der Waals surface area contributed by atoms with Crippen LogP contribution in [0.4, 0.5) is 5.69 Å². The summed E-state index contributed by atoms with van der Waals surface area (Å²) in [5, 5.41) is 4.56. The van der Waals surface area contributed by atoms with E-state index in [4.69, 9.17) is 0 Å². The van der Waals surface area contributed by atoms with Crippen molar-refractivity contribution < 1.29 is 0 Å². The lowest BCUT2D eigenvalue weighted by atomic mass is 10.2. The van der Waals surface area contributed by atoms with Crippen LogP contribution in [0.1, 0.15) is 5.56 Å². The molecule has 4 nitrogen and oxygen atoms in total. The van der Waals surface area contributed by atoms with Crippen molar-refractivity contribution in [2.75, 3.05) is 5.32 Å². The lowest BCUT2D eigenvalue weighted by Crippen LogP contribution is -1.99. The van der Waals surface area contributed by atoms with E-state index in [0.717, 1.165) is 23.3 Å². The van der Waals surface area contributed by atoms with Crippen LogP contribution in [0, 0.1) is 0 Å². The number of nitrogens with zero attached hydrogens (tertiary/aromatic N) is 2. The first kappa shape index (κ1) is 9.84. The maximum atomic E-state index is 3.98. The number of anilines is 1. The number of aromatic amines is 1. The molecule has 2 heterocycles. The summed E-state index contributed by atoms with van der Waals surface area (Å²) in [6, 6.07) is 8.31. The second-order valence-electron chi connectivity index (χ2n) is 3.88. The molecule has 3 rings (SSSR count). The van der Waals surface area contributed by atoms with Crippen LogP contribution in [0.3, 0.4) is 0 Å². The van der Waals surface area contributed by atoms with Crippen LogP contribution in [0.15, 0.2) is 49.2 Å². The van der Waals surface area contributed by atoms with Crippen molar-refractivity contribution >= 4 is 16.6 Å². The number of hydrogen-bond acceptors (Lipinski definition) is 3. The summed E-state index contributed by atoms with van der Waals surface area (Å²) in [7, 11) is 0. The fourth-order valence-corrected chi connectivity index (χ4v) is 1.79. The molecule has 0 fully saturated rings. The number of aromatic nitrogens is 3. The van der Waals surface area contributed by atoms with Crippen LogP contribution in [-0.4, -0.2) is 15.0 Å². The van der Waals surface area contributed by atoms with Gasteiger partial charge in [0, 0.05) is 47.3 Å². The van der Waals surface area contributed by atoms with E-state index in [9.17, 15) is 0 Å². The molecule has 0 aliphatic carbocycles. The molecule has 0 saturated carbocycles. The molecule has 0 radical (unpaired) electrons. The third kappa shape index (κ3) is 2.10. The minimum absolute atomic E-state index is 0.733. The molecule has 84 valence electrons. The summed E-state index contributed by atoms with van der Waals surface area (Å²) >= 11 is 0. The lowest BCUT2D eigenvalue weighted by molar-refractivity contribution is 1.05. The molecule has 2 aromatic heterocycles. The van der Waals surface area contributed by atoms with Crippen molar-refractivity contribution in [2.45, 2.75) is 6.54 Å². The highest BCUT2D eigenvalue weighted by molar-refractivity contribution is 5.82. The molecular formula is C13H12N4. The van der Waals surface area contributed by atoms with Crippen LogP contribution in [0.2, 0.25) is 0 Å². The van der Waals surface area contributed by atoms with Crippen molar-refractivity contribution in [3.8, 4) is 0 Å². The summed E-state index contributed by atoms with van der Waals surface area (Å²) in [4.78, 5) is 11.1. The normalized spacial score (nSPS) is 10.6. The molecule has 0 bridgehead atoms. The molecule has 0 saturated heterocycles. The Morgan fingerprint density at radius 2 is 2.00 bits per heavy atom. The van der Waals surface area contributed by atoms with Crippen LogP contribution in [-0.2, 0) is 6.54 Å². The molecule has 1 aromatic carbocycles. The van der Waals surface area contributed by atoms with E-state index in [1.54, 1.807) is 0 Å². The molecule has 0 unspecified atom stereocenters. The quantitative estimate of drug-likeness (QED) is 0.719. The van der Waals surface area contributed by atoms with Gasteiger partial charge < -0.3 is 10.3 Å². The second-order valence-corrected chi connectivity index (χ2v) is 3.88. The predicted molar refractivity (Wildman–Crippen MR) is 67.7 cm³/mol. The Balaban J connectivity index is 1.76. The number of benzene rings is 1. The highest BCUT2D eigenvalue weighted by Gasteiger charge is 1.97. The third-order valence-corrected chi connectivity index (χ3v) is 2.66. The number of hydrogen-bond donors (Lipinski definition) is 2. The first-order valence-corrected chi connectivity index (χ1v) is 5.47. The van der Waals surface area contributed by atoms with Crippen molar-refractivity contribution in [1.29, 1.82) is 0 Å². The SMILES string of the molecule is c1ncc(CNc2ccc3[nH]ccc3c2)cn1. The van der Waals surface area contributed by atoms with Gasteiger partial charge in [-0.3, -0.25) is 0 Å². The molecule has 0 amide bonds. The Labute approximate surface area is 98.7 Å². The van der Waals surface area contributed by atoms with Gasteiger partial charge in [0.05, 0.1) is 0 Å². The summed E-state index contributed by atoms with van der Waals surface area (Å²) in [6.45, 7) is 0.733. The highest BCUT2D eigenvalue weighted by Crippen LogP contribution is 2.18. The molecule has 0 atom stereocenters. The van der Waals surface area contributed by atoms with E-state index in [0.29, 0.717) is 0 Å². The molecule has 4 heteroatoms. The van der Waals surface area contributed by atoms with Gasteiger partial charge in [-0.15, -0.1) is 0 Å². The van der Waals surface area contributed by atoms with E-state index in [-0.39, 0.29) is 0 Å². The Kier molecular flexibility index (Phi) is 2.46. The van der Waals surface area contributed by atoms with Crippen LogP contribution in [0.25, 0.3) is 10.9 Å². The first-order chi connectivity index (χ1) is 8.42. The van der Waals surface area contributed by atoms with Gasteiger partial charge >= 0.3 is 0 Å². The fourth-order valence-electron chi connectivity index (χ4n) is 1.79.